The second-order valence-corrected chi connectivity index (χ2v) is 7.59. The molecule has 1 saturated heterocycles. The highest BCUT2D eigenvalue weighted by Gasteiger charge is 2.25. The summed E-state index contributed by atoms with van der Waals surface area (Å²) in [5.41, 5.74) is 2.56. The van der Waals surface area contributed by atoms with Gasteiger partial charge in [0, 0.05) is 23.6 Å². The number of thiophene rings is 1. The second-order valence-electron chi connectivity index (χ2n) is 4.82. The third-order valence-corrected chi connectivity index (χ3v) is 5.19. The van der Waals surface area contributed by atoms with Crippen molar-refractivity contribution < 1.29 is 0 Å². The Hall–Kier alpha value is -1.05. The summed E-state index contributed by atoms with van der Waals surface area (Å²) >= 11 is 3.65. The minimum Gasteiger partial charge on any atom is -0.354 e. The van der Waals surface area contributed by atoms with E-state index < -0.39 is 0 Å². The fraction of sp³-hybridized carbons (Fsp3) is 0.500. The number of hydrogen-bond acceptors (Lipinski definition) is 7. The SMILES string of the molecule is CC1CN(c2nc(NN)nc3sccc23)CC(C)S1. The molecule has 0 saturated carbocycles. The number of rotatable bonds is 2. The summed E-state index contributed by atoms with van der Waals surface area (Å²) in [5.74, 6) is 6.96. The molecule has 2 atom stereocenters. The van der Waals surface area contributed by atoms with Crippen molar-refractivity contribution >= 4 is 45.1 Å². The first-order chi connectivity index (χ1) is 9.17. The molecule has 0 aliphatic carbocycles. The lowest BCUT2D eigenvalue weighted by molar-refractivity contribution is 0.721. The quantitative estimate of drug-likeness (QED) is 0.654. The van der Waals surface area contributed by atoms with E-state index in [-0.39, 0.29) is 0 Å². The van der Waals surface area contributed by atoms with Gasteiger partial charge < -0.3 is 4.90 Å². The van der Waals surface area contributed by atoms with E-state index in [9.17, 15) is 0 Å². The van der Waals surface area contributed by atoms with Crippen molar-refractivity contribution in [1.29, 1.82) is 0 Å². The van der Waals surface area contributed by atoms with E-state index >= 15 is 0 Å². The van der Waals surface area contributed by atoms with Gasteiger partial charge in [0.05, 0.1) is 5.39 Å². The summed E-state index contributed by atoms with van der Waals surface area (Å²) in [6, 6.07) is 2.09. The van der Waals surface area contributed by atoms with E-state index in [4.69, 9.17) is 5.84 Å². The molecule has 0 aromatic carbocycles. The number of anilines is 2. The van der Waals surface area contributed by atoms with Gasteiger partial charge in [-0.05, 0) is 11.4 Å². The van der Waals surface area contributed by atoms with Crippen LogP contribution in [-0.2, 0) is 0 Å². The van der Waals surface area contributed by atoms with E-state index in [1.165, 1.54) is 0 Å². The first-order valence-corrected chi connectivity index (χ1v) is 8.12. The minimum atomic E-state index is 0.489. The topological polar surface area (TPSA) is 67.1 Å². The van der Waals surface area contributed by atoms with E-state index in [2.05, 4.69) is 45.6 Å². The smallest absolute Gasteiger partial charge is 0.240 e. The summed E-state index contributed by atoms with van der Waals surface area (Å²) in [6.45, 7) is 6.56. The van der Waals surface area contributed by atoms with Crippen LogP contribution >= 0.6 is 23.1 Å². The summed E-state index contributed by atoms with van der Waals surface area (Å²) in [4.78, 5) is 12.3. The van der Waals surface area contributed by atoms with Crippen LogP contribution in [0, 0.1) is 0 Å². The lowest BCUT2D eigenvalue weighted by Crippen LogP contribution is -2.41. The van der Waals surface area contributed by atoms with Gasteiger partial charge in [0.15, 0.2) is 0 Å². The first-order valence-electron chi connectivity index (χ1n) is 6.29. The maximum absolute atomic E-state index is 5.47. The van der Waals surface area contributed by atoms with Gasteiger partial charge in [-0.3, -0.25) is 5.43 Å². The number of nitrogens with zero attached hydrogens (tertiary/aromatic N) is 3. The van der Waals surface area contributed by atoms with Gasteiger partial charge in [-0.15, -0.1) is 11.3 Å². The molecular weight excluding hydrogens is 278 g/mol. The van der Waals surface area contributed by atoms with Crippen LogP contribution in [0.5, 0.6) is 0 Å². The van der Waals surface area contributed by atoms with Crippen molar-refractivity contribution in [2.75, 3.05) is 23.4 Å². The molecule has 3 N–H and O–H groups in total. The van der Waals surface area contributed by atoms with Crippen molar-refractivity contribution in [2.24, 2.45) is 5.84 Å². The number of nitrogens with two attached hydrogens (primary N) is 1. The largest absolute Gasteiger partial charge is 0.354 e. The molecule has 1 aliphatic rings. The molecule has 7 heteroatoms. The Morgan fingerprint density at radius 1 is 1.32 bits per heavy atom. The number of hydrazine groups is 1. The van der Waals surface area contributed by atoms with Gasteiger partial charge in [0.2, 0.25) is 5.95 Å². The molecule has 0 radical (unpaired) electrons. The molecule has 5 nitrogen and oxygen atoms in total. The Balaban J connectivity index is 2.05. The van der Waals surface area contributed by atoms with Gasteiger partial charge in [-0.1, -0.05) is 13.8 Å². The summed E-state index contributed by atoms with van der Waals surface area (Å²) in [6.07, 6.45) is 0. The average Bonchev–Trinajstić information content (AvgIpc) is 2.84. The molecule has 0 spiro atoms. The van der Waals surface area contributed by atoms with E-state index in [1.54, 1.807) is 11.3 Å². The number of aromatic nitrogens is 2. The maximum Gasteiger partial charge on any atom is 0.240 e. The van der Waals surface area contributed by atoms with Crippen molar-refractivity contribution in [2.45, 2.75) is 24.3 Å². The molecule has 102 valence electrons. The van der Waals surface area contributed by atoms with Gasteiger partial charge >= 0.3 is 0 Å². The molecule has 2 unspecified atom stereocenters. The van der Waals surface area contributed by atoms with Crippen LogP contribution in [0.4, 0.5) is 11.8 Å². The Kier molecular flexibility index (Phi) is 3.51. The van der Waals surface area contributed by atoms with Crippen LogP contribution in [0.1, 0.15) is 13.8 Å². The van der Waals surface area contributed by atoms with Gasteiger partial charge in [-0.25, -0.2) is 10.8 Å². The van der Waals surface area contributed by atoms with Gasteiger partial charge in [0.1, 0.15) is 10.6 Å². The number of nitrogen functional groups attached to an aromatic ring is 1. The van der Waals surface area contributed by atoms with Crippen molar-refractivity contribution in [3.63, 3.8) is 0 Å². The fourth-order valence-corrected chi connectivity index (χ4v) is 4.58. The summed E-state index contributed by atoms with van der Waals surface area (Å²) in [7, 11) is 0. The Morgan fingerprint density at radius 3 is 2.74 bits per heavy atom. The standard InChI is InChI=1S/C12H17N5S2/c1-7-5-17(6-8(2)19-7)10-9-3-4-18-11(9)15-12(14-10)16-13/h3-4,7-8H,5-6,13H2,1-2H3,(H,14,15,16). The Morgan fingerprint density at radius 2 is 2.05 bits per heavy atom. The lowest BCUT2D eigenvalue weighted by atomic mass is 10.3. The zero-order valence-electron chi connectivity index (χ0n) is 11.0. The molecule has 1 aliphatic heterocycles. The van der Waals surface area contributed by atoms with Crippen LogP contribution in [0.15, 0.2) is 11.4 Å². The molecule has 2 aromatic heterocycles. The van der Waals surface area contributed by atoms with Crippen molar-refractivity contribution in [3.05, 3.63) is 11.4 Å². The second kappa shape index (κ2) is 5.15. The molecule has 0 bridgehead atoms. The molecule has 3 heterocycles. The summed E-state index contributed by atoms with van der Waals surface area (Å²) in [5, 5.41) is 4.40. The van der Waals surface area contributed by atoms with Gasteiger partial charge in [-0.2, -0.15) is 16.7 Å². The van der Waals surface area contributed by atoms with Crippen LogP contribution in [0.2, 0.25) is 0 Å². The van der Waals surface area contributed by atoms with Crippen LogP contribution in [0.25, 0.3) is 10.2 Å². The maximum atomic E-state index is 5.47. The predicted octanol–water partition coefficient (Wildman–Crippen LogP) is 2.31. The Labute approximate surface area is 120 Å². The van der Waals surface area contributed by atoms with E-state index in [0.717, 1.165) is 29.1 Å². The number of hydrogen-bond donors (Lipinski definition) is 2. The normalized spacial score (nSPS) is 23.8. The molecular formula is C12H17N5S2. The van der Waals surface area contributed by atoms with Crippen LogP contribution in [0.3, 0.4) is 0 Å². The monoisotopic (exact) mass is 295 g/mol. The van der Waals surface area contributed by atoms with Gasteiger partial charge in [0.25, 0.3) is 0 Å². The van der Waals surface area contributed by atoms with Crippen molar-refractivity contribution in [3.8, 4) is 0 Å². The zero-order chi connectivity index (χ0) is 13.4. The third kappa shape index (κ3) is 2.50. The molecule has 0 amide bonds. The predicted molar refractivity (Wildman–Crippen MR) is 84.0 cm³/mol. The van der Waals surface area contributed by atoms with Crippen molar-refractivity contribution in [1.82, 2.24) is 9.97 Å². The zero-order valence-corrected chi connectivity index (χ0v) is 12.6. The minimum absolute atomic E-state index is 0.489. The van der Waals surface area contributed by atoms with Crippen LogP contribution < -0.4 is 16.2 Å². The number of thioether (sulfide) groups is 1. The van der Waals surface area contributed by atoms with E-state index in [1.807, 2.05) is 11.8 Å². The highest BCUT2D eigenvalue weighted by Crippen LogP contribution is 2.33. The molecule has 2 aromatic rings. The number of nitrogens with one attached hydrogen (secondary N) is 1. The van der Waals surface area contributed by atoms with Crippen LogP contribution in [-0.4, -0.2) is 33.6 Å². The highest BCUT2D eigenvalue weighted by molar-refractivity contribution is 8.00. The lowest BCUT2D eigenvalue weighted by Gasteiger charge is -2.35. The third-order valence-electron chi connectivity index (χ3n) is 3.15. The number of fused-ring (bicyclic) bond motifs is 1. The Bertz CT molecular complexity index is 575. The highest BCUT2D eigenvalue weighted by atomic mass is 32.2. The molecule has 3 rings (SSSR count). The van der Waals surface area contributed by atoms with E-state index in [0.29, 0.717) is 16.4 Å². The average molecular weight is 295 g/mol. The first kappa shape index (κ1) is 13.0. The summed E-state index contributed by atoms with van der Waals surface area (Å²) < 4.78 is 0. The fourth-order valence-electron chi connectivity index (χ4n) is 2.50. The molecule has 1 fully saturated rings. The molecule has 19 heavy (non-hydrogen) atoms.